The second kappa shape index (κ2) is 7.00. The molecule has 0 aliphatic rings. The molecule has 5 nitrogen and oxygen atoms in total. The Morgan fingerprint density at radius 3 is 2.46 bits per heavy atom. The molecule has 0 radical (unpaired) electrons. The van der Waals surface area contributed by atoms with Crippen LogP contribution in [0.3, 0.4) is 0 Å². The molecule has 0 aliphatic heterocycles. The predicted octanol–water partition coefficient (Wildman–Crippen LogP) is 3.90. The quantitative estimate of drug-likeness (QED) is 0.749. The van der Waals surface area contributed by atoms with E-state index in [1.165, 1.54) is 5.56 Å². The van der Waals surface area contributed by atoms with Gasteiger partial charge in [-0.25, -0.2) is 0 Å². The van der Waals surface area contributed by atoms with Crippen LogP contribution in [0.2, 0.25) is 0 Å². The molecule has 0 spiro atoms. The number of nitrogens with zero attached hydrogens (tertiary/aromatic N) is 1. The number of carbonyl (C=O) groups excluding carboxylic acids is 1. The number of aryl methyl sites for hydroxylation is 1. The monoisotopic (exact) mass is 321 g/mol. The standard InChI is InChI=1S/C19H19N3O2/c1-3-13-4-8-15(9-5-13)20-19(23)18-12-17(21-22-18)14-6-10-16(24-2)11-7-14/h4-12H,3H2,1-2H3,(H,20,23)(H,21,22). The summed E-state index contributed by atoms with van der Waals surface area (Å²) in [7, 11) is 1.62. The number of aromatic nitrogens is 2. The summed E-state index contributed by atoms with van der Waals surface area (Å²) in [6.45, 7) is 2.10. The van der Waals surface area contributed by atoms with Gasteiger partial charge in [0, 0.05) is 11.3 Å². The van der Waals surface area contributed by atoms with Crippen molar-refractivity contribution in [3.63, 3.8) is 0 Å². The zero-order valence-electron chi connectivity index (χ0n) is 13.7. The van der Waals surface area contributed by atoms with Crippen LogP contribution in [0, 0.1) is 0 Å². The summed E-state index contributed by atoms with van der Waals surface area (Å²) < 4.78 is 5.14. The van der Waals surface area contributed by atoms with E-state index >= 15 is 0 Å². The molecule has 1 aromatic heterocycles. The van der Waals surface area contributed by atoms with Crippen LogP contribution >= 0.6 is 0 Å². The van der Waals surface area contributed by atoms with Crippen LogP contribution in [0.4, 0.5) is 5.69 Å². The third kappa shape index (κ3) is 3.46. The highest BCUT2D eigenvalue weighted by molar-refractivity contribution is 6.03. The first-order valence-electron chi connectivity index (χ1n) is 7.79. The Balaban J connectivity index is 1.72. The molecule has 0 bridgehead atoms. The van der Waals surface area contributed by atoms with Gasteiger partial charge in [0.25, 0.3) is 5.91 Å². The second-order valence-electron chi connectivity index (χ2n) is 5.40. The number of carbonyl (C=O) groups is 1. The van der Waals surface area contributed by atoms with Gasteiger partial charge in [-0.1, -0.05) is 19.1 Å². The molecular formula is C19H19N3O2. The van der Waals surface area contributed by atoms with Crippen molar-refractivity contribution in [3.8, 4) is 17.0 Å². The van der Waals surface area contributed by atoms with Crippen molar-refractivity contribution in [3.05, 3.63) is 65.9 Å². The van der Waals surface area contributed by atoms with Crippen LogP contribution in [0.15, 0.2) is 54.6 Å². The number of nitrogens with one attached hydrogen (secondary N) is 2. The summed E-state index contributed by atoms with van der Waals surface area (Å²) in [6, 6.07) is 17.1. The maximum Gasteiger partial charge on any atom is 0.273 e. The molecule has 1 amide bonds. The molecule has 0 unspecified atom stereocenters. The Bertz CT molecular complexity index is 821. The third-order valence-corrected chi connectivity index (χ3v) is 3.83. The van der Waals surface area contributed by atoms with Gasteiger partial charge in [-0.3, -0.25) is 9.89 Å². The van der Waals surface area contributed by atoms with Gasteiger partial charge in [0.05, 0.1) is 12.8 Å². The zero-order chi connectivity index (χ0) is 16.9. The molecule has 2 aromatic carbocycles. The van der Waals surface area contributed by atoms with Crippen molar-refractivity contribution in [1.82, 2.24) is 10.2 Å². The average molecular weight is 321 g/mol. The van der Waals surface area contributed by atoms with Crippen molar-refractivity contribution < 1.29 is 9.53 Å². The first kappa shape index (κ1) is 15.8. The Morgan fingerprint density at radius 1 is 1.12 bits per heavy atom. The van der Waals surface area contributed by atoms with Crippen LogP contribution in [-0.2, 0) is 6.42 Å². The molecule has 2 N–H and O–H groups in total. The van der Waals surface area contributed by atoms with Crippen LogP contribution in [-0.4, -0.2) is 23.2 Å². The molecule has 3 rings (SSSR count). The minimum Gasteiger partial charge on any atom is -0.497 e. The number of H-pyrrole nitrogens is 1. The fourth-order valence-electron chi connectivity index (χ4n) is 2.37. The molecule has 0 saturated carbocycles. The average Bonchev–Trinajstić information content (AvgIpc) is 3.13. The van der Waals surface area contributed by atoms with Gasteiger partial charge in [-0.15, -0.1) is 0 Å². The molecule has 24 heavy (non-hydrogen) atoms. The lowest BCUT2D eigenvalue weighted by molar-refractivity contribution is 0.102. The van der Waals surface area contributed by atoms with E-state index in [1.54, 1.807) is 13.2 Å². The van der Waals surface area contributed by atoms with E-state index < -0.39 is 0 Å². The van der Waals surface area contributed by atoms with Gasteiger partial charge < -0.3 is 10.1 Å². The lowest BCUT2D eigenvalue weighted by Crippen LogP contribution is -2.12. The van der Waals surface area contributed by atoms with Crippen molar-refractivity contribution in [1.29, 1.82) is 0 Å². The summed E-state index contributed by atoms with van der Waals surface area (Å²) in [4.78, 5) is 12.3. The first-order chi connectivity index (χ1) is 11.7. The van der Waals surface area contributed by atoms with Gasteiger partial charge in [-0.2, -0.15) is 5.10 Å². The van der Waals surface area contributed by atoms with E-state index in [0.717, 1.165) is 23.4 Å². The lowest BCUT2D eigenvalue weighted by Gasteiger charge is -2.04. The molecule has 122 valence electrons. The van der Waals surface area contributed by atoms with E-state index in [4.69, 9.17) is 4.74 Å². The van der Waals surface area contributed by atoms with E-state index in [1.807, 2.05) is 48.5 Å². The molecule has 0 saturated heterocycles. The SMILES string of the molecule is CCc1ccc(NC(=O)c2cc(-c3ccc(OC)cc3)n[nH]2)cc1. The van der Waals surface area contributed by atoms with Gasteiger partial charge >= 0.3 is 0 Å². The Labute approximate surface area is 140 Å². The van der Waals surface area contributed by atoms with E-state index in [9.17, 15) is 4.79 Å². The summed E-state index contributed by atoms with van der Waals surface area (Å²) in [5.41, 5.74) is 4.04. The number of anilines is 1. The number of aromatic amines is 1. The normalized spacial score (nSPS) is 10.4. The second-order valence-corrected chi connectivity index (χ2v) is 5.40. The summed E-state index contributed by atoms with van der Waals surface area (Å²) in [6.07, 6.45) is 0.972. The van der Waals surface area contributed by atoms with Crippen molar-refractivity contribution in [2.45, 2.75) is 13.3 Å². The van der Waals surface area contributed by atoms with Crippen molar-refractivity contribution in [2.75, 3.05) is 12.4 Å². The summed E-state index contributed by atoms with van der Waals surface area (Å²) >= 11 is 0. The minimum absolute atomic E-state index is 0.216. The predicted molar refractivity (Wildman–Crippen MR) is 94.3 cm³/mol. The molecular weight excluding hydrogens is 302 g/mol. The molecule has 5 heteroatoms. The van der Waals surface area contributed by atoms with E-state index in [2.05, 4.69) is 22.4 Å². The highest BCUT2D eigenvalue weighted by Crippen LogP contribution is 2.21. The van der Waals surface area contributed by atoms with Gasteiger partial charge in [0.2, 0.25) is 0 Å². The first-order valence-corrected chi connectivity index (χ1v) is 7.79. The number of methoxy groups -OCH3 is 1. The Kier molecular flexibility index (Phi) is 4.61. The van der Waals surface area contributed by atoms with E-state index in [0.29, 0.717) is 11.4 Å². The number of hydrogen-bond acceptors (Lipinski definition) is 3. The van der Waals surface area contributed by atoms with Crippen LogP contribution in [0.5, 0.6) is 5.75 Å². The summed E-state index contributed by atoms with van der Waals surface area (Å²) in [5, 5.41) is 9.85. The van der Waals surface area contributed by atoms with Gasteiger partial charge in [0.1, 0.15) is 11.4 Å². The number of rotatable bonds is 5. The van der Waals surface area contributed by atoms with Gasteiger partial charge in [0.15, 0.2) is 0 Å². The number of amides is 1. The number of benzene rings is 2. The highest BCUT2D eigenvalue weighted by atomic mass is 16.5. The van der Waals surface area contributed by atoms with Gasteiger partial charge in [-0.05, 0) is 54.4 Å². The maximum absolute atomic E-state index is 12.3. The molecule has 0 aliphatic carbocycles. The smallest absolute Gasteiger partial charge is 0.273 e. The highest BCUT2D eigenvalue weighted by Gasteiger charge is 2.11. The lowest BCUT2D eigenvalue weighted by atomic mass is 10.1. The van der Waals surface area contributed by atoms with Crippen molar-refractivity contribution in [2.24, 2.45) is 0 Å². The molecule has 0 fully saturated rings. The molecule has 3 aromatic rings. The zero-order valence-corrected chi connectivity index (χ0v) is 13.7. The van der Waals surface area contributed by atoms with E-state index in [-0.39, 0.29) is 5.91 Å². The summed E-state index contributed by atoms with van der Waals surface area (Å²) in [5.74, 6) is 0.564. The fraction of sp³-hybridized carbons (Fsp3) is 0.158. The number of hydrogen-bond donors (Lipinski definition) is 2. The largest absolute Gasteiger partial charge is 0.497 e. The Hall–Kier alpha value is -3.08. The topological polar surface area (TPSA) is 67.0 Å². The van der Waals surface area contributed by atoms with Crippen LogP contribution in [0.25, 0.3) is 11.3 Å². The molecule has 0 atom stereocenters. The van der Waals surface area contributed by atoms with Crippen molar-refractivity contribution >= 4 is 11.6 Å². The Morgan fingerprint density at radius 2 is 1.83 bits per heavy atom. The minimum atomic E-state index is -0.216. The maximum atomic E-state index is 12.3. The van der Waals surface area contributed by atoms with Crippen LogP contribution in [0.1, 0.15) is 23.0 Å². The van der Waals surface area contributed by atoms with Crippen LogP contribution < -0.4 is 10.1 Å². The fourth-order valence-corrected chi connectivity index (χ4v) is 2.37. The number of ether oxygens (including phenoxy) is 1. The third-order valence-electron chi connectivity index (χ3n) is 3.83. The molecule has 1 heterocycles.